The normalized spacial score (nSPS) is 17.9. The number of imide groups is 1. The van der Waals surface area contributed by atoms with E-state index in [2.05, 4.69) is 16.0 Å². The number of amides is 5. The van der Waals surface area contributed by atoms with Crippen molar-refractivity contribution in [1.29, 1.82) is 0 Å². The number of fused-ring (bicyclic) bond motifs is 1. The molecular weight excluding hydrogens is 488 g/mol. The van der Waals surface area contributed by atoms with Crippen LogP contribution in [0.15, 0.2) is 48.5 Å². The van der Waals surface area contributed by atoms with E-state index in [4.69, 9.17) is 4.74 Å². The number of carbonyl (C=O) groups is 5. The minimum absolute atomic E-state index is 0.0599. The van der Waals surface area contributed by atoms with Crippen molar-refractivity contribution in [3.05, 3.63) is 70.8 Å². The Morgan fingerprint density at radius 1 is 1.08 bits per heavy atom. The lowest BCUT2D eigenvalue weighted by atomic mass is 9.98. The van der Waals surface area contributed by atoms with Crippen molar-refractivity contribution in [3.63, 3.8) is 0 Å². The van der Waals surface area contributed by atoms with Crippen LogP contribution in [0.4, 0.5) is 4.79 Å². The maximum Gasteiger partial charge on any atom is 0.407 e. The van der Waals surface area contributed by atoms with Gasteiger partial charge in [-0.15, -0.1) is 0 Å². The summed E-state index contributed by atoms with van der Waals surface area (Å²) in [6.07, 6.45) is -0.111. The van der Waals surface area contributed by atoms with Gasteiger partial charge in [0.25, 0.3) is 5.91 Å². The molecule has 2 aromatic carbocycles. The van der Waals surface area contributed by atoms with Gasteiger partial charge in [-0.25, -0.2) is 4.79 Å². The Morgan fingerprint density at radius 2 is 1.82 bits per heavy atom. The highest BCUT2D eigenvalue weighted by Crippen LogP contribution is 2.28. The Hall–Kier alpha value is -4.21. The first-order valence-corrected chi connectivity index (χ1v) is 12.6. The molecule has 0 radical (unpaired) electrons. The van der Waals surface area contributed by atoms with Crippen LogP contribution < -0.4 is 16.0 Å². The van der Waals surface area contributed by atoms with E-state index >= 15 is 0 Å². The van der Waals surface area contributed by atoms with Crippen molar-refractivity contribution in [2.75, 3.05) is 6.54 Å². The van der Waals surface area contributed by atoms with Crippen LogP contribution in [-0.2, 0) is 32.2 Å². The SMILES string of the molecule is CC(C)(C)OC(=O)NCC(C(=O)NCc1ccc2c(c1)CN(C1CCC(=O)NC1=O)C2=O)c1ccccc1. The van der Waals surface area contributed by atoms with Gasteiger partial charge in [0.15, 0.2) is 0 Å². The fourth-order valence-corrected chi connectivity index (χ4v) is 4.60. The fourth-order valence-electron chi connectivity index (χ4n) is 4.60. The van der Waals surface area contributed by atoms with Gasteiger partial charge >= 0.3 is 6.09 Å². The molecule has 10 heteroatoms. The van der Waals surface area contributed by atoms with Crippen LogP contribution in [0, 0.1) is 0 Å². The molecule has 2 aromatic rings. The van der Waals surface area contributed by atoms with E-state index in [-0.39, 0.29) is 43.8 Å². The first-order valence-electron chi connectivity index (χ1n) is 12.6. The average Bonchev–Trinajstić information content (AvgIpc) is 3.18. The van der Waals surface area contributed by atoms with Crippen molar-refractivity contribution < 1.29 is 28.7 Å². The molecule has 2 heterocycles. The number of alkyl carbamates (subject to hydrolysis) is 1. The first kappa shape index (κ1) is 26.8. The molecule has 0 saturated carbocycles. The first-order chi connectivity index (χ1) is 18.0. The molecule has 5 amide bonds. The molecule has 10 nitrogen and oxygen atoms in total. The summed E-state index contributed by atoms with van der Waals surface area (Å²) in [5, 5.41) is 7.90. The number of rotatable bonds is 7. The van der Waals surface area contributed by atoms with Crippen LogP contribution in [0.2, 0.25) is 0 Å². The lowest BCUT2D eigenvalue weighted by molar-refractivity contribution is -0.137. The predicted octanol–water partition coefficient (Wildman–Crippen LogP) is 2.37. The molecule has 2 atom stereocenters. The van der Waals surface area contributed by atoms with E-state index < -0.39 is 29.6 Å². The molecule has 4 rings (SSSR count). The van der Waals surface area contributed by atoms with Crippen molar-refractivity contribution in [3.8, 4) is 0 Å². The number of piperidine rings is 1. The molecule has 1 fully saturated rings. The van der Waals surface area contributed by atoms with E-state index in [0.29, 0.717) is 12.0 Å². The number of hydrogen-bond acceptors (Lipinski definition) is 6. The molecule has 0 aromatic heterocycles. The number of nitrogens with one attached hydrogen (secondary N) is 3. The number of nitrogens with zero attached hydrogens (tertiary/aromatic N) is 1. The van der Waals surface area contributed by atoms with Gasteiger partial charge in [0.05, 0.1) is 5.92 Å². The maximum absolute atomic E-state index is 13.2. The third-order valence-corrected chi connectivity index (χ3v) is 6.42. The second kappa shape index (κ2) is 11.0. The summed E-state index contributed by atoms with van der Waals surface area (Å²) in [5.74, 6) is -1.94. The van der Waals surface area contributed by atoms with E-state index in [9.17, 15) is 24.0 Å². The smallest absolute Gasteiger partial charge is 0.407 e. The molecule has 2 aliphatic heterocycles. The fraction of sp³-hybridized carbons (Fsp3) is 0.393. The highest BCUT2D eigenvalue weighted by Gasteiger charge is 2.39. The van der Waals surface area contributed by atoms with E-state index in [0.717, 1.165) is 16.7 Å². The maximum atomic E-state index is 13.2. The second-order valence-corrected chi connectivity index (χ2v) is 10.5. The second-order valence-electron chi connectivity index (χ2n) is 10.5. The van der Waals surface area contributed by atoms with Crippen LogP contribution in [0.25, 0.3) is 0 Å². The topological polar surface area (TPSA) is 134 Å². The number of hydrogen-bond donors (Lipinski definition) is 3. The van der Waals surface area contributed by atoms with Gasteiger partial charge in [-0.1, -0.05) is 42.5 Å². The van der Waals surface area contributed by atoms with E-state index in [1.807, 2.05) is 36.4 Å². The standard InChI is InChI=1S/C28H32N4O6/c1-28(2,3)38-27(37)30-15-21(18-7-5-4-6-8-18)24(34)29-14-17-9-10-20-19(13-17)16-32(26(20)36)22-11-12-23(33)31-25(22)35/h4-10,13,21-22H,11-12,14-16H2,1-3H3,(H,29,34)(H,30,37)(H,31,33,35). The third-order valence-electron chi connectivity index (χ3n) is 6.42. The van der Waals surface area contributed by atoms with Gasteiger partial charge in [0.2, 0.25) is 17.7 Å². The lowest BCUT2D eigenvalue weighted by Crippen LogP contribution is -2.52. The summed E-state index contributed by atoms with van der Waals surface area (Å²) >= 11 is 0. The van der Waals surface area contributed by atoms with Gasteiger partial charge < -0.3 is 20.3 Å². The van der Waals surface area contributed by atoms with Crippen LogP contribution >= 0.6 is 0 Å². The monoisotopic (exact) mass is 520 g/mol. The largest absolute Gasteiger partial charge is 0.444 e. The van der Waals surface area contributed by atoms with Crippen molar-refractivity contribution in [2.24, 2.45) is 0 Å². The van der Waals surface area contributed by atoms with Crippen molar-refractivity contribution in [2.45, 2.75) is 64.3 Å². The average molecular weight is 521 g/mol. The Labute approximate surface area is 221 Å². The molecule has 3 N–H and O–H groups in total. The molecule has 38 heavy (non-hydrogen) atoms. The zero-order chi connectivity index (χ0) is 27.4. The van der Waals surface area contributed by atoms with Crippen molar-refractivity contribution in [1.82, 2.24) is 20.9 Å². The zero-order valence-electron chi connectivity index (χ0n) is 21.7. The Morgan fingerprint density at radius 3 is 2.50 bits per heavy atom. The van der Waals surface area contributed by atoms with Crippen LogP contribution in [0.5, 0.6) is 0 Å². The highest BCUT2D eigenvalue weighted by atomic mass is 16.6. The zero-order valence-corrected chi connectivity index (χ0v) is 21.7. The summed E-state index contributed by atoms with van der Waals surface area (Å²) in [6.45, 7) is 5.83. The highest BCUT2D eigenvalue weighted by molar-refractivity contribution is 6.05. The van der Waals surface area contributed by atoms with Gasteiger partial charge in [-0.3, -0.25) is 24.5 Å². The van der Waals surface area contributed by atoms with Crippen molar-refractivity contribution >= 4 is 29.7 Å². The Bertz CT molecular complexity index is 1250. The number of benzene rings is 2. The molecule has 2 unspecified atom stereocenters. The van der Waals surface area contributed by atoms with Gasteiger partial charge in [0, 0.05) is 31.6 Å². The predicted molar refractivity (Wildman–Crippen MR) is 138 cm³/mol. The number of ether oxygens (including phenoxy) is 1. The minimum Gasteiger partial charge on any atom is -0.444 e. The summed E-state index contributed by atoms with van der Waals surface area (Å²) in [4.78, 5) is 63.5. The number of carbonyl (C=O) groups excluding carboxylic acids is 5. The summed E-state index contributed by atoms with van der Waals surface area (Å²) in [7, 11) is 0. The van der Waals surface area contributed by atoms with Crippen LogP contribution in [-0.4, -0.2) is 52.8 Å². The minimum atomic E-state index is -0.681. The van der Waals surface area contributed by atoms with Gasteiger partial charge in [0.1, 0.15) is 11.6 Å². The van der Waals surface area contributed by atoms with Crippen LogP contribution in [0.3, 0.4) is 0 Å². The summed E-state index contributed by atoms with van der Waals surface area (Å²) in [6, 6.07) is 13.8. The summed E-state index contributed by atoms with van der Waals surface area (Å²) < 4.78 is 5.29. The quantitative estimate of drug-likeness (QED) is 0.480. The molecule has 0 aliphatic carbocycles. The lowest BCUT2D eigenvalue weighted by Gasteiger charge is -2.29. The van der Waals surface area contributed by atoms with Gasteiger partial charge in [-0.05, 0) is 49.9 Å². The Balaban J connectivity index is 1.40. The van der Waals surface area contributed by atoms with Gasteiger partial charge in [-0.2, -0.15) is 0 Å². The molecule has 200 valence electrons. The molecule has 0 bridgehead atoms. The summed E-state index contributed by atoms with van der Waals surface area (Å²) in [5.41, 5.74) is 2.16. The molecule has 0 spiro atoms. The third kappa shape index (κ3) is 6.37. The van der Waals surface area contributed by atoms with E-state index in [1.54, 1.807) is 32.9 Å². The molecular formula is C28H32N4O6. The van der Waals surface area contributed by atoms with Crippen LogP contribution in [0.1, 0.15) is 66.6 Å². The Kier molecular flexibility index (Phi) is 7.80. The molecule has 1 saturated heterocycles. The van der Waals surface area contributed by atoms with E-state index in [1.165, 1.54) is 4.90 Å². The molecule has 2 aliphatic rings.